The van der Waals surface area contributed by atoms with E-state index in [2.05, 4.69) is 60.3 Å². The number of carbonyl (C=O) groups is 4. The maximum atomic E-state index is 14.6. The molecule has 3 aromatic heterocycles. The number of amides is 4. The number of hydrogen-bond donors (Lipinski definition) is 2. The summed E-state index contributed by atoms with van der Waals surface area (Å²) in [6, 6.07) is 6.22. The van der Waals surface area contributed by atoms with Gasteiger partial charge in [-0.2, -0.15) is 0 Å². The Morgan fingerprint density at radius 1 is 1.14 bits per heavy atom. The predicted octanol–water partition coefficient (Wildman–Crippen LogP) is 5.15. The number of hydrazine groups is 1. The van der Waals surface area contributed by atoms with Crippen LogP contribution in [0.4, 0.5) is 4.79 Å². The fourth-order valence-electron chi connectivity index (χ4n) is 10.0. The molecule has 1 aromatic carbocycles. The van der Waals surface area contributed by atoms with Gasteiger partial charge in [0.25, 0.3) is 5.91 Å². The van der Waals surface area contributed by atoms with Crippen LogP contribution in [-0.4, -0.2) is 131 Å². The number of ether oxygens (including phenoxy) is 2. The first-order chi connectivity index (χ1) is 30.4. The van der Waals surface area contributed by atoms with E-state index < -0.39 is 69.3 Å². The van der Waals surface area contributed by atoms with Crippen molar-refractivity contribution in [2.45, 2.75) is 117 Å². The summed E-state index contributed by atoms with van der Waals surface area (Å²) in [5.41, 5.74) is 9.17. The van der Waals surface area contributed by atoms with Gasteiger partial charge in [0.2, 0.25) is 5.91 Å². The highest BCUT2D eigenvalue weighted by Crippen LogP contribution is 2.42. The Morgan fingerprint density at radius 2 is 1.89 bits per heavy atom. The minimum Gasteiger partial charge on any atom is -0.464 e. The van der Waals surface area contributed by atoms with Crippen LogP contribution >= 0.6 is 11.3 Å². The molecule has 0 aliphatic carbocycles. The van der Waals surface area contributed by atoms with Crippen LogP contribution < -0.4 is 10.7 Å². The monoisotopic (exact) mass is 916 g/mol. The zero-order valence-electron chi connectivity index (χ0n) is 37.9. The van der Waals surface area contributed by atoms with Crippen LogP contribution in [0.2, 0.25) is 0 Å². The molecule has 18 heteroatoms. The zero-order valence-corrected chi connectivity index (χ0v) is 39.6. The Bertz CT molecular complexity index is 2550. The lowest BCUT2D eigenvalue weighted by Crippen LogP contribution is -2.70. The van der Waals surface area contributed by atoms with Crippen LogP contribution in [-0.2, 0) is 53.1 Å². The van der Waals surface area contributed by atoms with Gasteiger partial charge in [0, 0.05) is 84.8 Å². The number of carbonyl (C=O) groups excluding carboxylic acids is 4. The molecule has 4 amide bonds. The van der Waals surface area contributed by atoms with E-state index in [1.54, 1.807) is 25.3 Å². The number of pyridine rings is 1. The lowest BCUT2D eigenvalue weighted by Gasteiger charge is -2.53. The quantitative estimate of drug-likeness (QED) is 0.223. The summed E-state index contributed by atoms with van der Waals surface area (Å²) in [5, 5.41) is 8.01. The molecule has 16 nitrogen and oxygen atoms in total. The summed E-state index contributed by atoms with van der Waals surface area (Å²) < 4.78 is 38.9. The lowest BCUT2D eigenvalue weighted by molar-refractivity contribution is -0.155. The summed E-state index contributed by atoms with van der Waals surface area (Å²) in [6.45, 7) is 13.0. The first-order valence-electron chi connectivity index (χ1n) is 22.3. The number of cyclic esters (lactones) is 1. The van der Waals surface area contributed by atoms with E-state index in [-0.39, 0.29) is 36.6 Å². The number of aryl methyl sites for hydroxylation is 1. The number of rotatable bonds is 8. The number of urea groups is 1. The minimum absolute atomic E-state index is 0.0542. The van der Waals surface area contributed by atoms with Crippen molar-refractivity contribution in [1.29, 1.82) is 0 Å². The Hall–Kier alpha value is -4.91. The second-order valence-electron chi connectivity index (χ2n) is 18.9. The second kappa shape index (κ2) is 17.8. The van der Waals surface area contributed by atoms with E-state index in [1.807, 2.05) is 32.2 Å². The molecular formula is C46H60N8O8S2. The number of esters is 1. The van der Waals surface area contributed by atoms with Gasteiger partial charge in [-0.3, -0.25) is 24.4 Å². The zero-order chi connectivity index (χ0) is 45.8. The van der Waals surface area contributed by atoms with Crippen molar-refractivity contribution in [3.8, 4) is 22.5 Å². The number of thiazole rings is 1. The molecule has 3 saturated heterocycles. The molecule has 0 spiro atoms. The van der Waals surface area contributed by atoms with Gasteiger partial charge < -0.3 is 29.2 Å². The number of methoxy groups -OCH3 is 1. The van der Waals surface area contributed by atoms with Crippen LogP contribution in [0.5, 0.6) is 0 Å². The number of aromatic nitrogens is 3. The highest BCUT2D eigenvalue weighted by molar-refractivity contribution is 7.91. The fraction of sp³-hybridized carbons (Fsp3) is 0.565. The number of nitrogens with zero attached hydrogens (tertiary/aromatic N) is 6. The topological polar surface area (TPSA) is 185 Å². The maximum Gasteiger partial charge on any atom is 0.324 e. The highest BCUT2D eigenvalue weighted by atomic mass is 32.2. The Kier molecular flexibility index (Phi) is 12.7. The summed E-state index contributed by atoms with van der Waals surface area (Å²) in [4.78, 5) is 69.6. The third-order valence-corrected chi connectivity index (χ3v) is 15.9. The molecule has 4 aromatic rings. The second-order valence-corrected chi connectivity index (χ2v) is 22.0. The van der Waals surface area contributed by atoms with Crippen LogP contribution in [0.1, 0.15) is 83.2 Å². The van der Waals surface area contributed by atoms with Gasteiger partial charge in [0.05, 0.1) is 46.3 Å². The van der Waals surface area contributed by atoms with Crippen molar-refractivity contribution in [2.24, 2.45) is 11.3 Å². The van der Waals surface area contributed by atoms with Crippen LogP contribution in [0, 0.1) is 11.3 Å². The normalized spacial score (nSPS) is 24.1. The molecule has 2 N–H and O–H groups in total. The molecule has 3 unspecified atom stereocenters. The van der Waals surface area contributed by atoms with Crippen molar-refractivity contribution < 1.29 is 37.1 Å². The lowest BCUT2D eigenvalue weighted by atomic mass is 9.84. The van der Waals surface area contributed by atoms with E-state index in [0.29, 0.717) is 43.8 Å². The highest BCUT2D eigenvalue weighted by Gasteiger charge is 2.52. The SMILES string of the molecule is CCn1c(-c2cccnc2[C@H](C)OC)c2c3cc(ccc31)-c1csc(n1)C[C@H](NC(=O)C(C(C)C)N(C)C(=O)N1C3CC1CS(=O)(=O)C3)C(=O)N1CCC[C@H](N1)C(=O)OCC(C)(C)C2. The van der Waals surface area contributed by atoms with Gasteiger partial charge in [-0.1, -0.05) is 33.8 Å². The van der Waals surface area contributed by atoms with E-state index in [0.717, 1.165) is 44.7 Å². The molecule has 4 aliphatic heterocycles. The Balaban J connectivity index is 1.17. The summed E-state index contributed by atoms with van der Waals surface area (Å²) in [6.07, 6.45) is 3.74. The summed E-state index contributed by atoms with van der Waals surface area (Å²) >= 11 is 1.39. The minimum atomic E-state index is -3.23. The number of likely N-dealkylation sites (tertiary alicyclic amines) is 1. The number of fused-ring (bicyclic) bond motifs is 8. The molecule has 344 valence electrons. The maximum absolute atomic E-state index is 14.6. The van der Waals surface area contributed by atoms with Crippen molar-refractivity contribution >= 4 is 55.9 Å². The van der Waals surface area contributed by atoms with E-state index in [1.165, 1.54) is 21.2 Å². The molecule has 4 aliphatic rings. The van der Waals surface area contributed by atoms with Gasteiger partial charge in [0.1, 0.15) is 18.1 Å². The van der Waals surface area contributed by atoms with E-state index >= 15 is 0 Å². The van der Waals surface area contributed by atoms with E-state index in [4.69, 9.17) is 19.4 Å². The summed E-state index contributed by atoms with van der Waals surface area (Å²) in [7, 11) is -0.00724. The molecule has 8 rings (SSSR count). The van der Waals surface area contributed by atoms with Gasteiger partial charge in [-0.05, 0) is 75.3 Å². The number of benzene rings is 1. The third-order valence-electron chi connectivity index (χ3n) is 13.2. The van der Waals surface area contributed by atoms with Gasteiger partial charge in [-0.15, -0.1) is 11.3 Å². The van der Waals surface area contributed by atoms with Crippen LogP contribution in [0.3, 0.4) is 0 Å². The number of likely N-dealkylation sites (N-methyl/N-ethyl adjacent to an activating group) is 1. The summed E-state index contributed by atoms with van der Waals surface area (Å²) in [5.74, 6) is -1.98. The first kappa shape index (κ1) is 45.7. The predicted molar refractivity (Wildman–Crippen MR) is 244 cm³/mol. The number of sulfone groups is 1. The molecule has 3 fully saturated rings. The molecule has 7 heterocycles. The van der Waals surface area contributed by atoms with Gasteiger partial charge >= 0.3 is 12.0 Å². The Morgan fingerprint density at radius 3 is 2.59 bits per heavy atom. The van der Waals surface area contributed by atoms with Crippen molar-refractivity contribution in [2.75, 3.05) is 38.8 Å². The Labute approximate surface area is 378 Å². The first-order valence-corrected chi connectivity index (χ1v) is 25.0. The number of hydrogen-bond acceptors (Lipinski definition) is 12. The molecule has 64 heavy (non-hydrogen) atoms. The average Bonchev–Trinajstić information content (AvgIpc) is 3.85. The number of nitrogens with one attached hydrogen (secondary N) is 2. The third kappa shape index (κ3) is 8.77. The van der Waals surface area contributed by atoms with Crippen molar-refractivity contribution in [3.63, 3.8) is 0 Å². The van der Waals surface area contributed by atoms with Crippen LogP contribution in [0.25, 0.3) is 33.4 Å². The largest absolute Gasteiger partial charge is 0.464 e. The molecular weight excluding hydrogens is 857 g/mol. The molecule has 0 radical (unpaired) electrons. The van der Waals surface area contributed by atoms with Crippen molar-refractivity contribution in [1.82, 2.24) is 40.1 Å². The standard InChI is InChI=1S/C46H60N8O8S2/c1-9-52-37-15-14-28-18-32(37)33(41(52)31-12-10-16-47-39(31)27(4)61-8)21-46(5,6)25-62-44(57)34-13-11-17-53(50-34)43(56)35(20-38-48-36(28)22-63-38)49-42(55)40(26(2)3)51(7)45(58)54-29-19-30(54)24-64(59,60)23-29/h10,12,14-16,18,22,26-27,29-30,34-35,40,50H,9,11,13,17,19-21,23-25H2,1-8H3,(H,49,55)/t27-,29?,30?,34-,35-,40?/m0/s1. The molecule has 6 atom stereocenters. The average molecular weight is 917 g/mol. The molecule has 8 bridgehead atoms. The van der Waals surface area contributed by atoms with Crippen LogP contribution in [0.15, 0.2) is 41.9 Å². The fourth-order valence-corrected chi connectivity index (χ4v) is 12.8. The van der Waals surface area contributed by atoms with Gasteiger partial charge in [0.15, 0.2) is 9.84 Å². The van der Waals surface area contributed by atoms with Crippen molar-refractivity contribution in [3.05, 3.63) is 58.2 Å². The molecule has 0 saturated carbocycles. The smallest absolute Gasteiger partial charge is 0.324 e. The van der Waals surface area contributed by atoms with E-state index in [9.17, 15) is 27.6 Å². The van der Waals surface area contributed by atoms with Gasteiger partial charge in [-0.25, -0.2) is 23.6 Å².